The maximum atomic E-state index is 12.4. The van der Waals surface area contributed by atoms with E-state index in [9.17, 15) is 10.1 Å². The van der Waals surface area contributed by atoms with Crippen LogP contribution in [0.2, 0.25) is 10.0 Å². The van der Waals surface area contributed by atoms with Crippen LogP contribution in [-0.2, 0) is 11.4 Å². The molecule has 1 saturated heterocycles. The number of rotatable bonds is 5. The molecule has 0 unspecified atom stereocenters. The molecule has 0 spiro atoms. The van der Waals surface area contributed by atoms with Crippen LogP contribution in [0.25, 0.3) is 6.08 Å². The second-order valence-corrected chi connectivity index (χ2v) is 9.47. The second-order valence-electron chi connectivity index (χ2n) is 6.80. The van der Waals surface area contributed by atoms with E-state index in [4.69, 9.17) is 27.9 Å². The molecular formula is C24H14BrCl2N3O2S. The number of nitrogens with one attached hydrogen (secondary N) is 1. The summed E-state index contributed by atoms with van der Waals surface area (Å²) in [5.41, 5.74) is 2.68. The zero-order chi connectivity index (χ0) is 23.4. The predicted octanol–water partition coefficient (Wildman–Crippen LogP) is 7.10. The molecule has 0 atom stereocenters. The number of hydrogen-bond donors (Lipinski definition) is 1. The molecule has 5 nitrogen and oxygen atoms in total. The van der Waals surface area contributed by atoms with Crippen molar-refractivity contribution in [2.75, 3.05) is 0 Å². The van der Waals surface area contributed by atoms with Gasteiger partial charge in [0.2, 0.25) is 0 Å². The molecule has 164 valence electrons. The Morgan fingerprint density at radius 3 is 2.76 bits per heavy atom. The predicted molar refractivity (Wildman–Crippen MR) is 137 cm³/mol. The van der Waals surface area contributed by atoms with Crippen molar-refractivity contribution in [1.29, 1.82) is 5.26 Å². The first-order valence-electron chi connectivity index (χ1n) is 9.58. The minimum Gasteiger partial charge on any atom is -0.488 e. The van der Waals surface area contributed by atoms with E-state index in [0.29, 0.717) is 37.1 Å². The number of ether oxygens (including phenoxy) is 1. The standard InChI is InChI=1S/C24H14BrCl2N3O2S/c25-17-10-14(8-9-20(17)32-13-16-5-2-1-4-15(16)12-28)11-21-23(31)30-24(33-21)29-19-7-3-6-18(26)22(19)27/h1-11H,13H2,(H,29,30,31)/b21-11+. The number of carbonyl (C=O) groups excluding carboxylic acids is 1. The maximum Gasteiger partial charge on any atom is 0.264 e. The Bertz CT molecular complexity index is 1350. The Kier molecular flexibility index (Phi) is 7.41. The van der Waals surface area contributed by atoms with Crippen LogP contribution in [0.5, 0.6) is 5.75 Å². The zero-order valence-electron chi connectivity index (χ0n) is 16.8. The first kappa shape index (κ1) is 23.4. The molecule has 1 N–H and O–H groups in total. The van der Waals surface area contributed by atoms with Gasteiger partial charge in [-0.15, -0.1) is 0 Å². The molecule has 1 aliphatic rings. The lowest BCUT2D eigenvalue weighted by atomic mass is 10.1. The number of aliphatic imine (C=N–C) groups is 1. The van der Waals surface area contributed by atoms with Gasteiger partial charge in [-0.1, -0.05) is 53.5 Å². The molecule has 1 fully saturated rings. The lowest BCUT2D eigenvalue weighted by Crippen LogP contribution is -2.19. The van der Waals surface area contributed by atoms with Crippen LogP contribution in [0.3, 0.4) is 0 Å². The fraction of sp³-hybridized carbons (Fsp3) is 0.0417. The average molecular weight is 559 g/mol. The van der Waals surface area contributed by atoms with Crippen molar-refractivity contribution >= 4 is 73.7 Å². The number of thioether (sulfide) groups is 1. The summed E-state index contributed by atoms with van der Waals surface area (Å²) in [5, 5.41) is 13.1. The molecule has 4 rings (SSSR count). The molecule has 0 aliphatic carbocycles. The summed E-state index contributed by atoms with van der Waals surface area (Å²) in [6.45, 7) is 0.271. The summed E-state index contributed by atoms with van der Waals surface area (Å²) in [7, 11) is 0. The van der Waals surface area contributed by atoms with Gasteiger partial charge in [0, 0.05) is 5.56 Å². The summed E-state index contributed by atoms with van der Waals surface area (Å²) in [5.74, 6) is 0.382. The van der Waals surface area contributed by atoms with Crippen molar-refractivity contribution < 1.29 is 9.53 Å². The van der Waals surface area contributed by atoms with Gasteiger partial charge in [-0.2, -0.15) is 5.26 Å². The number of benzene rings is 3. The molecular weight excluding hydrogens is 545 g/mol. The second kappa shape index (κ2) is 10.4. The molecule has 1 amide bonds. The fourth-order valence-corrected chi connectivity index (χ4v) is 4.64. The molecule has 3 aromatic rings. The lowest BCUT2D eigenvalue weighted by molar-refractivity contribution is -0.115. The van der Waals surface area contributed by atoms with E-state index < -0.39 is 0 Å². The van der Waals surface area contributed by atoms with Crippen LogP contribution in [0.15, 0.2) is 75.0 Å². The molecule has 1 heterocycles. The lowest BCUT2D eigenvalue weighted by Gasteiger charge is -2.10. The monoisotopic (exact) mass is 557 g/mol. The van der Waals surface area contributed by atoms with Crippen molar-refractivity contribution in [3.05, 3.63) is 96.8 Å². The Morgan fingerprint density at radius 1 is 1.15 bits per heavy atom. The van der Waals surface area contributed by atoms with Gasteiger partial charge >= 0.3 is 0 Å². The summed E-state index contributed by atoms with van der Waals surface area (Å²) in [4.78, 5) is 17.3. The van der Waals surface area contributed by atoms with Crippen LogP contribution in [0, 0.1) is 11.3 Å². The number of hydrogen-bond acceptors (Lipinski definition) is 5. The molecule has 1 aliphatic heterocycles. The van der Waals surface area contributed by atoms with Gasteiger partial charge in [-0.05, 0) is 69.7 Å². The number of carbonyl (C=O) groups is 1. The first-order chi connectivity index (χ1) is 15.9. The molecule has 9 heteroatoms. The molecule has 0 aromatic heterocycles. The molecule has 0 saturated carbocycles. The van der Waals surface area contributed by atoms with Crippen molar-refractivity contribution in [3.63, 3.8) is 0 Å². The number of halogens is 3. The van der Waals surface area contributed by atoms with E-state index in [0.717, 1.165) is 15.6 Å². The van der Waals surface area contributed by atoms with Crippen LogP contribution in [-0.4, -0.2) is 11.1 Å². The van der Waals surface area contributed by atoms with Crippen LogP contribution in [0.4, 0.5) is 5.69 Å². The summed E-state index contributed by atoms with van der Waals surface area (Å²) >= 11 is 16.9. The summed E-state index contributed by atoms with van der Waals surface area (Å²) < 4.78 is 6.60. The summed E-state index contributed by atoms with van der Waals surface area (Å²) in [6.07, 6.45) is 1.77. The van der Waals surface area contributed by atoms with E-state index >= 15 is 0 Å². The summed E-state index contributed by atoms with van der Waals surface area (Å²) in [6, 6.07) is 20.1. The van der Waals surface area contributed by atoms with Crippen molar-refractivity contribution in [1.82, 2.24) is 5.32 Å². The van der Waals surface area contributed by atoms with Crippen LogP contribution < -0.4 is 10.1 Å². The highest BCUT2D eigenvalue weighted by molar-refractivity contribution is 9.10. The maximum absolute atomic E-state index is 12.4. The minimum absolute atomic E-state index is 0.249. The highest BCUT2D eigenvalue weighted by atomic mass is 79.9. The third-order valence-electron chi connectivity index (χ3n) is 4.58. The highest BCUT2D eigenvalue weighted by Crippen LogP contribution is 2.35. The Hall–Kier alpha value is -2.76. The SMILES string of the molecule is N#Cc1ccccc1COc1ccc(/C=C2/SC(=Nc3cccc(Cl)c3Cl)NC2=O)cc1Br. The minimum atomic E-state index is -0.249. The normalized spacial score (nSPS) is 15.5. The van der Waals surface area contributed by atoms with Gasteiger partial charge in [0.25, 0.3) is 5.91 Å². The van der Waals surface area contributed by atoms with E-state index in [1.165, 1.54) is 11.8 Å². The molecule has 0 radical (unpaired) electrons. The van der Waals surface area contributed by atoms with E-state index in [1.54, 1.807) is 30.3 Å². The van der Waals surface area contributed by atoms with Gasteiger partial charge in [0.15, 0.2) is 5.17 Å². The zero-order valence-corrected chi connectivity index (χ0v) is 20.7. The van der Waals surface area contributed by atoms with Crippen LogP contribution >= 0.6 is 50.9 Å². The van der Waals surface area contributed by atoms with E-state index in [1.807, 2.05) is 36.4 Å². The third-order valence-corrected chi connectivity index (χ3v) is 6.92. The third kappa shape index (κ3) is 5.60. The Labute approximate surface area is 213 Å². The number of nitriles is 1. The van der Waals surface area contributed by atoms with Gasteiger partial charge in [0.05, 0.1) is 36.7 Å². The van der Waals surface area contributed by atoms with Gasteiger partial charge in [0.1, 0.15) is 12.4 Å². The van der Waals surface area contributed by atoms with E-state index in [2.05, 4.69) is 32.3 Å². The average Bonchev–Trinajstić information content (AvgIpc) is 3.15. The van der Waals surface area contributed by atoms with Crippen molar-refractivity contribution in [2.24, 2.45) is 4.99 Å². The fourth-order valence-electron chi connectivity index (χ4n) is 2.95. The van der Waals surface area contributed by atoms with Crippen molar-refractivity contribution in [2.45, 2.75) is 6.61 Å². The molecule has 0 bridgehead atoms. The van der Waals surface area contributed by atoms with Gasteiger partial charge < -0.3 is 10.1 Å². The van der Waals surface area contributed by atoms with Crippen LogP contribution in [0.1, 0.15) is 16.7 Å². The molecule has 3 aromatic carbocycles. The van der Waals surface area contributed by atoms with Crippen molar-refractivity contribution in [3.8, 4) is 11.8 Å². The van der Waals surface area contributed by atoms with E-state index in [-0.39, 0.29) is 12.5 Å². The largest absolute Gasteiger partial charge is 0.488 e. The highest BCUT2D eigenvalue weighted by Gasteiger charge is 2.24. The Balaban J connectivity index is 1.48. The topological polar surface area (TPSA) is 74.5 Å². The Morgan fingerprint density at radius 2 is 1.97 bits per heavy atom. The molecule has 33 heavy (non-hydrogen) atoms. The quantitative estimate of drug-likeness (QED) is 0.339. The number of amides is 1. The number of nitrogens with zero attached hydrogens (tertiary/aromatic N) is 2. The van der Waals surface area contributed by atoms with Gasteiger partial charge in [-0.25, -0.2) is 4.99 Å². The smallest absolute Gasteiger partial charge is 0.264 e. The number of amidine groups is 1. The van der Waals surface area contributed by atoms with Gasteiger partial charge in [-0.3, -0.25) is 4.79 Å². The first-order valence-corrected chi connectivity index (χ1v) is 11.9.